The third kappa shape index (κ3) is 3.49. The lowest BCUT2D eigenvalue weighted by Crippen LogP contribution is -2.48. The second-order valence-corrected chi connectivity index (χ2v) is 5.94. The number of amides is 1. The molecule has 1 heterocycles. The molecule has 0 fully saturated rings. The molecule has 3 nitrogen and oxygen atoms in total. The van der Waals surface area contributed by atoms with Crippen LogP contribution in [0.15, 0.2) is 24.3 Å². The van der Waals surface area contributed by atoms with Gasteiger partial charge in [0.15, 0.2) is 0 Å². The predicted octanol–water partition coefficient (Wildman–Crippen LogP) is 2.74. The van der Waals surface area contributed by atoms with Crippen LogP contribution in [0, 0.1) is 0 Å². The molecule has 0 saturated heterocycles. The first-order valence-electron chi connectivity index (χ1n) is 7.16. The van der Waals surface area contributed by atoms with E-state index in [0.717, 1.165) is 25.8 Å². The number of hydrogen-bond acceptors (Lipinski definition) is 2. The van der Waals surface area contributed by atoms with E-state index in [4.69, 9.17) is 0 Å². The SMILES string of the molecule is CCC(C)(C)NC(=O)CN1CCCc2ccccc21. The summed E-state index contributed by atoms with van der Waals surface area (Å²) in [5.41, 5.74) is 2.46. The lowest BCUT2D eigenvalue weighted by Gasteiger charge is -2.32. The number of nitrogens with one attached hydrogen (secondary N) is 1. The van der Waals surface area contributed by atoms with Crippen molar-refractivity contribution >= 4 is 11.6 Å². The van der Waals surface area contributed by atoms with E-state index in [-0.39, 0.29) is 11.4 Å². The minimum atomic E-state index is -0.119. The summed E-state index contributed by atoms with van der Waals surface area (Å²) < 4.78 is 0. The normalized spacial score (nSPS) is 15.0. The van der Waals surface area contributed by atoms with Gasteiger partial charge in [-0.05, 0) is 44.7 Å². The number of fused-ring (bicyclic) bond motifs is 1. The summed E-state index contributed by atoms with van der Waals surface area (Å²) >= 11 is 0. The van der Waals surface area contributed by atoms with Crippen molar-refractivity contribution in [3.63, 3.8) is 0 Å². The van der Waals surface area contributed by atoms with Crippen molar-refractivity contribution in [3.05, 3.63) is 29.8 Å². The van der Waals surface area contributed by atoms with Gasteiger partial charge in [-0.25, -0.2) is 0 Å². The Kier molecular flexibility index (Phi) is 4.13. The first-order valence-corrected chi connectivity index (χ1v) is 7.16. The number of para-hydroxylation sites is 1. The molecule has 1 amide bonds. The first-order chi connectivity index (χ1) is 9.02. The van der Waals surface area contributed by atoms with Crippen LogP contribution in [-0.4, -0.2) is 24.5 Å². The number of anilines is 1. The monoisotopic (exact) mass is 260 g/mol. The van der Waals surface area contributed by atoms with Gasteiger partial charge < -0.3 is 10.2 Å². The average Bonchev–Trinajstić information content (AvgIpc) is 2.38. The number of aryl methyl sites for hydroxylation is 1. The smallest absolute Gasteiger partial charge is 0.239 e. The van der Waals surface area contributed by atoms with E-state index in [1.807, 2.05) is 6.07 Å². The fourth-order valence-electron chi connectivity index (χ4n) is 2.45. The van der Waals surface area contributed by atoms with Gasteiger partial charge in [-0.3, -0.25) is 4.79 Å². The fourth-order valence-corrected chi connectivity index (χ4v) is 2.45. The van der Waals surface area contributed by atoms with Gasteiger partial charge in [0.25, 0.3) is 0 Å². The number of hydrogen-bond donors (Lipinski definition) is 1. The Morgan fingerprint density at radius 1 is 1.37 bits per heavy atom. The third-order valence-electron chi connectivity index (χ3n) is 3.90. The van der Waals surface area contributed by atoms with Crippen LogP contribution in [0.2, 0.25) is 0 Å². The molecule has 0 spiro atoms. The molecule has 0 atom stereocenters. The van der Waals surface area contributed by atoms with Gasteiger partial charge in [0.1, 0.15) is 0 Å². The number of carbonyl (C=O) groups excluding carboxylic acids is 1. The zero-order chi connectivity index (χ0) is 13.9. The molecule has 0 unspecified atom stereocenters. The molecule has 0 bridgehead atoms. The average molecular weight is 260 g/mol. The van der Waals surface area contributed by atoms with Gasteiger partial charge >= 0.3 is 0 Å². The molecule has 0 radical (unpaired) electrons. The molecule has 1 aromatic carbocycles. The van der Waals surface area contributed by atoms with Crippen LogP contribution in [0.1, 0.15) is 39.2 Å². The van der Waals surface area contributed by atoms with Gasteiger partial charge in [-0.1, -0.05) is 25.1 Å². The molecule has 0 saturated carbocycles. The van der Waals surface area contributed by atoms with Crippen LogP contribution in [-0.2, 0) is 11.2 Å². The molecule has 1 aliphatic heterocycles. The second-order valence-electron chi connectivity index (χ2n) is 5.94. The minimum absolute atomic E-state index is 0.114. The van der Waals surface area contributed by atoms with Gasteiger partial charge in [0.2, 0.25) is 5.91 Å². The van der Waals surface area contributed by atoms with E-state index in [9.17, 15) is 4.79 Å². The van der Waals surface area contributed by atoms with Crippen LogP contribution in [0.3, 0.4) is 0 Å². The molecule has 104 valence electrons. The number of rotatable bonds is 4. The Labute approximate surface area is 116 Å². The zero-order valence-corrected chi connectivity index (χ0v) is 12.2. The summed E-state index contributed by atoms with van der Waals surface area (Å²) in [4.78, 5) is 14.3. The van der Waals surface area contributed by atoms with Crippen molar-refractivity contribution < 1.29 is 4.79 Å². The van der Waals surface area contributed by atoms with Gasteiger partial charge in [-0.2, -0.15) is 0 Å². The van der Waals surface area contributed by atoms with Gasteiger partial charge in [0.05, 0.1) is 6.54 Å². The van der Waals surface area contributed by atoms with Crippen LogP contribution < -0.4 is 10.2 Å². The van der Waals surface area contributed by atoms with Crippen molar-refractivity contribution in [2.45, 2.75) is 45.6 Å². The molecule has 3 heteroatoms. The predicted molar refractivity (Wildman–Crippen MR) is 79.5 cm³/mol. The van der Waals surface area contributed by atoms with Crippen LogP contribution in [0.4, 0.5) is 5.69 Å². The van der Waals surface area contributed by atoms with Gasteiger partial charge in [0, 0.05) is 17.8 Å². The number of benzene rings is 1. The topological polar surface area (TPSA) is 32.3 Å². The van der Waals surface area contributed by atoms with E-state index >= 15 is 0 Å². The van der Waals surface area contributed by atoms with Crippen molar-refractivity contribution in [1.82, 2.24) is 5.32 Å². The van der Waals surface area contributed by atoms with E-state index in [1.54, 1.807) is 0 Å². The van der Waals surface area contributed by atoms with Crippen LogP contribution >= 0.6 is 0 Å². The summed E-state index contributed by atoms with van der Waals surface area (Å²) in [6.45, 7) is 7.65. The fraction of sp³-hybridized carbons (Fsp3) is 0.562. The highest BCUT2D eigenvalue weighted by atomic mass is 16.2. The van der Waals surface area contributed by atoms with Gasteiger partial charge in [-0.15, -0.1) is 0 Å². The molecular weight excluding hydrogens is 236 g/mol. The van der Waals surface area contributed by atoms with Crippen molar-refractivity contribution in [1.29, 1.82) is 0 Å². The maximum atomic E-state index is 12.1. The largest absolute Gasteiger partial charge is 0.362 e. The van der Waals surface area contributed by atoms with E-state index in [1.165, 1.54) is 11.3 Å². The lowest BCUT2D eigenvalue weighted by molar-refractivity contribution is -0.121. The highest BCUT2D eigenvalue weighted by Crippen LogP contribution is 2.26. The summed E-state index contributed by atoms with van der Waals surface area (Å²) in [6.07, 6.45) is 3.19. The van der Waals surface area contributed by atoms with Crippen LogP contribution in [0.5, 0.6) is 0 Å². The molecule has 19 heavy (non-hydrogen) atoms. The Hall–Kier alpha value is -1.51. The highest BCUT2D eigenvalue weighted by Gasteiger charge is 2.22. The molecule has 2 rings (SSSR count). The van der Waals surface area contributed by atoms with E-state index < -0.39 is 0 Å². The Morgan fingerprint density at radius 3 is 2.84 bits per heavy atom. The van der Waals surface area contributed by atoms with Crippen LogP contribution in [0.25, 0.3) is 0 Å². The molecule has 0 aromatic heterocycles. The molecular formula is C16H24N2O. The zero-order valence-electron chi connectivity index (χ0n) is 12.2. The molecule has 1 N–H and O–H groups in total. The van der Waals surface area contributed by atoms with Crippen molar-refractivity contribution in [2.75, 3.05) is 18.0 Å². The summed E-state index contributed by atoms with van der Waals surface area (Å²) in [6, 6.07) is 8.40. The molecule has 1 aromatic rings. The first kappa shape index (κ1) is 13.9. The van der Waals surface area contributed by atoms with E-state index in [0.29, 0.717) is 6.54 Å². The quantitative estimate of drug-likeness (QED) is 0.903. The maximum Gasteiger partial charge on any atom is 0.239 e. The standard InChI is InChI=1S/C16H24N2O/c1-4-16(2,3)17-15(19)12-18-11-7-9-13-8-5-6-10-14(13)18/h5-6,8,10H,4,7,9,11-12H2,1-3H3,(H,17,19). The summed E-state index contributed by atoms with van der Waals surface area (Å²) in [5, 5.41) is 3.10. The number of nitrogens with zero attached hydrogens (tertiary/aromatic N) is 1. The Balaban J connectivity index is 2.03. The lowest BCUT2D eigenvalue weighted by atomic mass is 10.0. The second kappa shape index (κ2) is 5.64. The molecule has 0 aliphatic carbocycles. The Morgan fingerprint density at radius 2 is 2.11 bits per heavy atom. The number of carbonyl (C=O) groups is 1. The third-order valence-corrected chi connectivity index (χ3v) is 3.90. The van der Waals surface area contributed by atoms with Crippen molar-refractivity contribution in [3.8, 4) is 0 Å². The van der Waals surface area contributed by atoms with Crippen molar-refractivity contribution in [2.24, 2.45) is 0 Å². The van der Waals surface area contributed by atoms with E-state index in [2.05, 4.69) is 49.2 Å². The maximum absolute atomic E-state index is 12.1. The minimum Gasteiger partial charge on any atom is -0.362 e. The summed E-state index contributed by atoms with van der Waals surface area (Å²) in [7, 11) is 0. The summed E-state index contributed by atoms with van der Waals surface area (Å²) in [5.74, 6) is 0.114. The molecule has 1 aliphatic rings. The Bertz CT molecular complexity index is 454. The highest BCUT2D eigenvalue weighted by molar-refractivity contribution is 5.82.